The van der Waals surface area contributed by atoms with Crippen LogP contribution < -0.4 is 0 Å². The molecule has 51 heavy (non-hydrogen) atoms. The zero-order valence-electron chi connectivity index (χ0n) is 31.6. The lowest BCUT2D eigenvalue weighted by Crippen LogP contribution is -2.31. The van der Waals surface area contributed by atoms with Gasteiger partial charge in [-0.25, -0.2) is 0 Å². The third-order valence-corrected chi connectivity index (χ3v) is 10.0. The number of rotatable bonds is 32. The van der Waals surface area contributed by atoms with Crippen LogP contribution in [0.2, 0.25) is 0 Å². The van der Waals surface area contributed by atoms with Gasteiger partial charge in [-0.05, 0) is 19.3 Å². The van der Waals surface area contributed by atoms with E-state index in [1.165, 1.54) is 0 Å². The van der Waals surface area contributed by atoms with Crippen LogP contribution in [0.15, 0.2) is 0 Å². The number of esters is 3. The molecule has 0 aliphatic carbocycles. The summed E-state index contributed by atoms with van der Waals surface area (Å²) in [6, 6.07) is 0. The summed E-state index contributed by atoms with van der Waals surface area (Å²) < 4.78 is 33.2. The predicted octanol–water partition coefficient (Wildman–Crippen LogP) is 5.62. The average Bonchev–Trinajstić information content (AvgIpc) is 4.04. The zero-order valence-corrected chi connectivity index (χ0v) is 31.6. The predicted molar refractivity (Wildman–Crippen MR) is 190 cm³/mol. The number of hydrogen-bond donors (Lipinski definition) is 3. The van der Waals surface area contributed by atoms with E-state index in [9.17, 15) is 29.7 Å². The summed E-state index contributed by atoms with van der Waals surface area (Å²) in [5, 5.41) is 30.9. The third kappa shape index (κ3) is 19.7. The first-order valence-electron chi connectivity index (χ1n) is 20.1. The number of carbonyl (C=O) groups is 3. The van der Waals surface area contributed by atoms with Crippen molar-refractivity contribution in [2.75, 3.05) is 13.2 Å². The van der Waals surface area contributed by atoms with Crippen LogP contribution in [-0.4, -0.2) is 107 Å². The molecule has 3 fully saturated rings. The minimum atomic E-state index is -1.02. The van der Waals surface area contributed by atoms with Crippen LogP contribution in [0, 0.1) is 0 Å². The molecule has 3 aliphatic rings. The minimum Gasteiger partial charge on any atom is -0.462 e. The third-order valence-electron chi connectivity index (χ3n) is 10.0. The number of hydrogen-bond acceptors (Lipinski definition) is 12. The van der Waals surface area contributed by atoms with Crippen LogP contribution >= 0.6 is 0 Å². The number of epoxide rings is 3. The Morgan fingerprint density at radius 2 is 0.824 bits per heavy atom. The highest BCUT2D eigenvalue weighted by Crippen LogP contribution is 2.33. The highest BCUT2D eigenvalue weighted by molar-refractivity contribution is 5.72. The molecule has 0 aromatic carbocycles. The maximum Gasteiger partial charge on any atom is 0.309 e. The molecule has 9 unspecified atom stereocenters. The van der Waals surface area contributed by atoms with Gasteiger partial charge in [0.05, 0.1) is 74.2 Å². The molecule has 0 aromatic rings. The van der Waals surface area contributed by atoms with Crippen LogP contribution in [0.25, 0.3) is 0 Å². The first kappa shape index (κ1) is 43.6. The summed E-state index contributed by atoms with van der Waals surface area (Å²) in [5.74, 6) is -1.64. The van der Waals surface area contributed by atoms with E-state index in [-0.39, 0.29) is 69.1 Å². The van der Waals surface area contributed by atoms with Crippen molar-refractivity contribution < 1.29 is 58.1 Å². The first-order chi connectivity index (χ1) is 24.6. The largest absolute Gasteiger partial charge is 0.462 e. The van der Waals surface area contributed by atoms with E-state index in [2.05, 4.69) is 20.8 Å². The van der Waals surface area contributed by atoms with Gasteiger partial charge in [-0.3, -0.25) is 14.4 Å². The molecule has 0 saturated carbocycles. The van der Waals surface area contributed by atoms with Crippen molar-refractivity contribution in [3.63, 3.8) is 0 Å². The lowest BCUT2D eigenvalue weighted by molar-refractivity contribution is -0.167. The van der Waals surface area contributed by atoms with Gasteiger partial charge in [-0.15, -0.1) is 0 Å². The maximum absolute atomic E-state index is 12.8. The molecular weight excluding hydrogens is 660 g/mol. The van der Waals surface area contributed by atoms with Gasteiger partial charge in [0, 0.05) is 19.3 Å². The number of aliphatic hydroxyl groups is 3. The van der Waals surface area contributed by atoms with Gasteiger partial charge in [0.15, 0.2) is 6.10 Å². The van der Waals surface area contributed by atoms with E-state index in [4.69, 9.17) is 28.4 Å². The van der Waals surface area contributed by atoms with Crippen LogP contribution in [0.3, 0.4) is 0 Å². The number of ether oxygens (including phenoxy) is 6. The van der Waals surface area contributed by atoms with Gasteiger partial charge in [-0.1, -0.05) is 97.8 Å². The summed E-state index contributed by atoms with van der Waals surface area (Å²) in [7, 11) is 0. The molecule has 0 amide bonds. The standard InChI is InChI=1S/C39H68O12/c1-4-7-10-13-16-27(40)19-31-34(49-31)22-37(43)46-25-30(48-39(45)24-36-33(51-36)21-29(42)18-15-12-9-6-3)26-47-38(44)23-35-32(50-35)20-28(41)17-14-11-8-5-2/h27-36,40-42H,4-26H2,1-3H3. The zero-order chi connectivity index (χ0) is 37.0. The van der Waals surface area contributed by atoms with Crippen molar-refractivity contribution in [2.45, 2.75) is 217 Å². The molecule has 0 radical (unpaired) electrons. The maximum atomic E-state index is 12.8. The highest BCUT2D eigenvalue weighted by atomic mass is 16.6. The van der Waals surface area contributed by atoms with Crippen molar-refractivity contribution in [3.05, 3.63) is 0 Å². The van der Waals surface area contributed by atoms with Crippen molar-refractivity contribution in [1.82, 2.24) is 0 Å². The van der Waals surface area contributed by atoms with Crippen molar-refractivity contribution in [1.29, 1.82) is 0 Å². The Morgan fingerprint density at radius 3 is 1.16 bits per heavy atom. The summed E-state index contributed by atoms with van der Waals surface area (Å²) in [6.07, 6.45) is 12.5. The number of carbonyl (C=O) groups excluding carboxylic acids is 3. The summed E-state index contributed by atoms with van der Waals surface area (Å²) in [5.41, 5.74) is 0. The van der Waals surface area contributed by atoms with Gasteiger partial charge in [0.2, 0.25) is 0 Å². The Hall–Kier alpha value is -1.83. The van der Waals surface area contributed by atoms with E-state index in [1.807, 2.05) is 0 Å². The summed E-state index contributed by atoms with van der Waals surface area (Å²) in [4.78, 5) is 38.1. The smallest absolute Gasteiger partial charge is 0.309 e. The molecule has 3 aliphatic heterocycles. The Bertz CT molecular complexity index is 941. The molecule has 9 atom stereocenters. The second kappa shape index (κ2) is 24.5. The molecular formula is C39H68O12. The van der Waals surface area contributed by atoms with Gasteiger partial charge in [0.25, 0.3) is 0 Å². The van der Waals surface area contributed by atoms with E-state index in [1.54, 1.807) is 0 Å². The molecule has 296 valence electrons. The fraction of sp³-hybridized carbons (Fsp3) is 0.923. The molecule has 3 N–H and O–H groups in total. The van der Waals surface area contributed by atoms with Crippen molar-refractivity contribution in [2.24, 2.45) is 0 Å². The van der Waals surface area contributed by atoms with E-state index in [0.717, 1.165) is 77.0 Å². The molecule has 0 aromatic heterocycles. The van der Waals surface area contributed by atoms with Crippen molar-refractivity contribution in [3.8, 4) is 0 Å². The fourth-order valence-electron chi connectivity index (χ4n) is 6.61. The molecule has 3 saturated heterocycles. The van der Waals surface area contributed by atoms with Crippen molar-refractivity contribution >= 4 is 17.9 Å². The SMILES string of the molecule is CCCCCCC(O)CC1OC1CC(=O)OCC(COC(=O)CC1OC1CC(O)CCCCCC)OC(=O)CC1OC1CC(O)CCCCCC. The molecule has 3 rings (SSSR count). The normalized spacial score (nSPS) is 25.8. The van der Waals surface area contributed by atoms with Gasteiger partial charge < -0.3 is 43.7 Å². The van der Waals surface area contributed by atoms with Crippen LogP contribution in [0.5, 0.6) is 0 Å². The summed E-state index contributed by atoms with van der Waals surface area (Å²) in [6.45, 7) is 5.83. The molecule has 3 heterocycles. The molecule has 12 nitrogen and oxygen atoms in total. The first-order valence-corrected chi connectivity index (χ1v) is 20.1. The lowest BCUT2D eigenvalue weighted by atomic mass is 10.0. The Labute approximate surface area is 305 Å². The van der Waals surface area contributed by atoms with Gasteiger partial charge in [-0.2, -0.15) is 0 Å². The van der Waals surface area contributed by atoms with Gasteiger partial charge >= 0.3 is 17.9 Å². The van der Waals surface area contributed by atoms with E-state index >= 15 is 0 Å². The average molecular weight is 729 g/mol. The second-order valence-electron chi connectivity index (χ2n) is 14.9. The molecule has 12 heteroatoms. The molecule has 0 spiro atoms. The molecule has 0 bridgehead atoms. The Balaban J connectivity index is 1.39. The number of unbranched alkanes of at least 4 members (excludes halogenated alkanes) is 9. The second-order valence-corrected chi connectivity index (χ2v) is 14.9. The summed E-state index contributed by atoms with van der Waals surface area (Å²) >= 11 is 0. The van der Waals surface area contributed by atoms with E-state index < -0.39 is 42.3 Å². The monoisotopic (exact) mass is 728 g/mol. The Kier molecular flexibility index (Phi) is 20.9. The quantitative estimate of drug-likeness (QED) is 0.0338. The lowest BCUT2D eigenvalue weighted by Gasteiger charge is -2.18. The highest BCUT2D eigenvalue weighted by Gasteiger charge is 2.44. The van der Waals surface area contributed by atoms with Gasteiger partial charge in [0.1, 0.15) is 13.2 Å². The topological polar surface area (TPSA) is 177 Å². The number of aliphatic hydroxyl groups excluding tert-OH is 3. The Morgan fingerprint density at radius 1 is 0.490 bits per heavy atom. The van der Waals surface area contributed by atoms with Crippen LogP contribution in [-0.2, 0) is 42.8 Å². The van der Waals surface area contributed by atoms with E-state index in [0.29, 0.717) is 38.5 Å². The minimum absolute atomic E-state index is 0.0108. The fourth-order valence-corrected chi connectivity index (χ4v) is 6.61. The van der Waals surface area contributed by atoms with Crippen LogP contribution in [0.1, 0.15) is 156 Å². The van der Waals surface area contributed by atoms with Crippen LogP contribution in [0.4, 0.5) is 0 Å².